The van der Waals surface area contributed by atoms with Gasteiger partial charge in [-0.2, -0.15) is 0 Å². The van der Waals surface area contributed by atoms with Crippen molar-refractivity contribution in [1.29, 1.82) is 0 Å². The molecule has 12 nitrogen and oxygen atoms in total. The van der Waals surface area contributed by atoms with E-state index in [-0.39, 0.29) is 50.3 Å². The fourth-order valence-corrected chi connectivity index (χ4v) is 10.6. The number of nitrogens with zero attached hydrogens (tertiary/aromatic N) is 2. The molecule has 1 aromatic carbocycles. The number of methoxy groups -OCH3 is 1. The van der Waals surface area contributed by atoms with E-state index in [1.54, 1.807) is 52.8 Å². The summed E-state index contributed by atoms with van der Waals surface area (Å²) in [5.74, 6) is -2.58. The molecule has 6 atom stereocenters. The molecule has 1 spiro atoms. The van der Waals surface area contributed by atoms with Crippen molar-refractivity contribution < 1.29 is 46.2 Å². The Morgan fingerprint density at radius 1 is 1.11 bits per heavy atom. The number of aromatic nitrogens is 1. The minimum absolute atomic E-state index is 0.0696. The van der Waals surface area contributed by atoms with E-state index in [1.807, 2.05) is 12.2 Å². The number of Topliss-reactive ketones (excluding diaryl/α,β-unsaturated/α-hetero) is 1. The van der Waals surface area contributed by atoms with Crippen LogP contribution in [-0.4, -0.2) is 77.5 Å². The Morgan fingerprint density at radius 2 is 1.84 bits per heavy atom. The molecule has 1 N–H and O–H groups in total. The van der Waals surface area contributed by atoms with Gasteiger partial charge in [0.2, 0.25) is 21.8 Å². The fourth-order valence-electron chi connectivity index (χ4n) is 9.30. The third kappa shape index (κ3) is 7.91. The first-order chi connectivity index (χ1) is 26.6. The van der Waals surface area contributed by atoms with E-state index < -0.39 is 72.6 Å². The quantitative estimate of drug-likeness (QED) is 0.246. The highest BCUT2D eigenvalue weighted by atomic mass is 32.2. The van der Waals surface area contributed by atoms with E-state index in [0.717, 1.165) is 12.8 Å². The lowest BCUT2D eigenvalue weighted by molar-refractivity contribution is -0.159. The summed E-state index contributed by atoms with van der Waals surface area (Å²) in [6, 6.07) is 4.10. The van der Waals surface area contributed by atoms with Gasteiger partial charge < -0.3 is 19.1 Å². The zero-order valence-electron chi connectivity index (χ0n) is 34.2. The number of halogens is 1. The first-order valence-electron chi connectivity index (χ1n) is 20.3. The molecule has 3 aliphatic heterocycles. The molecule has 2 amide bonds. The maximum Gasteiger partial charge on any atom is 0.307 e. The molecule has 1 saturated heterocycles. The number of hydrogen-bond donors (Lipinski definition) is 1. The highest BCUT2D eigenvalue weighted by molar-refractivity contribution is 7.91. The number of aryl methyl sites for hydroxylation is 1. The van der Waals surface area contributed by atoms with Crippen molar-refractivity contribution >= 4 is 44.5 Å². The first-order valence-corrected chi connectivity index (χ1v) is 21.8. The number of rotatable bonds is 6. The molecule has 1 aromatic heterocycles. The highest BCUT2D eigenvalue weighted by Gasteiger charge is 2.64. The predicted octanol–water partition coefficient (Wildman–Crippen LogP) is 6.69. The van der Waals surface area contributed by atoms with Crippen LogP contribution >= 0.6 is 0 Å². The van der Waals surface area contributed by atoms with Crippen LogP contribution in [0, 0.1) is 24.2 Å². The molecule has 3 fully saturated rings. The lowest BCUT2D eigenvalue weighted by Gasteiger charge is -2.42. The molecule has 2 aromatic rings. The second-order valence-electron chi connectivity index (χ2n) is 18.7. The first kappa shape index (κ1) is 41.1. The monoisotopic (exact) mass is 809 g/mol. The minimum Gasteiger partial charge on any atom is -0.497 e. The number of nitrogens with one attached hydrogen (secondary N) is 1. The van der Waals surface area contributed by atoms with Gasteiger partial charge in [-0.1, -0.05) is 25.0 Å². The van der Waals surface area contributed by atoms with Crippen LogP contribution < -0.4 is 14.2 Å². The summed E-state index contributed by atoms with van der Waals surface area (Å²) < 4.78 is 63.2. The maximum absolute atomic E-state index is 17.5. The Hall–Kier alpha value is -4.07. The number of ether oxygens (including phenoxy) is 3. The summed E-state index contributed by atoms with van der Waals surface area (Å²) in [4.78, 5) is 63.2. The van der Waals surface area contributed by atoms with Gasteiger partial charge in [-0.15, -0.1) is 0 Å². The van der Waals surface area contributed by atoms with Gasteiger partial charge in [0.1, 0.15) is 28.4 Å². The van der Waals surface area contributed by atoms with Gasteiger partial charge in [-0.3, -0.25) is 23.9 Å². The van der Waals surface area contributed by atoms with E-state index >= 15 is 4.39 Å². The topological polar surface area (TPSA) is 158 Å². The van der Waals surface area contributed by atoms with Gasteiger partial charge in [0, 0.05) is 36.1 Å². The SMILES string of the molecule is COc1ccc2nc(C)c3c(c2c1)[C@@](C)(F)C[C@]1(C[C@H]2C(=O)C[C@]4(C(=O)NS(=O)(=O)C5(C)CC5)C[C@H]4/C=C\CCCCC[C@H](CC(=O)OC(C)(C)C)C(=O)N2C1)O3. The van der Waals surface area contributed by atoms with Crippen LogP contribution in [0.4, 0.5) is 4.39 Å². The van der Waals surface area contributed by atoms with Crippen molar-refractivity contribution in [1.82, 2.24) is 14.6 Å². The number of allylic oxidation sites excluding steroid dienone is 2. The molecular weight excluding hydrogens is 754 g/mol. The zero-order valence-corrected chi connectivity index (χ0v) is 35.0. The van der Waals surface area contributed by atoms with E-state index in [9.17, 15) is 27.6 Å². The molecule has 5 aliphatic rings. The molecule has 310 valence electrons. The Balaban J connectivity index is 1.28. The summed E-state index contributed by atoms with van der Waals surface area (Å²) in [6.45, 7) is 9.93. The Kier molecular flexibility index (Phi) is 10.3. The molecule has 57 heavy (non-hydrogen) atoms. The van der Waals surface area contributed by atoms with Crippen LogP contribution in [0.5, 0.6) is 11.5 Å². The average molecular weight is 810 g/mol. The van der Waals surface area contributed by atoms with Crippen LogP contribution in [-0.2, 0) is 39.6 Å². The number of esters is 1. The summed E-state index contributed by atoms with van der Waals surface area (Å²) in [7, 11) is -2.47. The summed E-state index contributed by atoms with van der Waals surface area (Å²) in [5, 5.41) is 0.531. The molecule has 2 aliphatic carbocycles. The number of alkyl halides is 1. The van der Waals surface area contributed by atoms with Gasteiger partial charge >= 0.3 is 5.97 Å². The second kappa shape index (κ2) is 14.3. The van der Waals surface area contributed by atoms with Crippen molar-refractivity contribution in [2.45, 2.75) is 146 Å². The lowest BCUT2D eigenvalue weighted by atomic mass is 9.78. The number of carbonyl (C=O) groups is 4. The standard InChI is InChI=1S/C43H56FN3O9S/c1-26-36-35(30-20-29(54-7)15-16-31(30)45-26)41(6,44)24-42(56-36)22-32-33(48)23-43(38(51)46-57(52,53)40(5)17-18-40)21-28(43)14-12-10-8-9-11-13-27(37(50)47(32)25-42)19-34(49)55-39(2,3)4/h12,14-16,20,27-28,32H,8-11,13,17-19,21-25H2,1-7H3,(H,46,51)/b14-12-/t27-,28-,32+,41+,42+,43-/m1/s1. The number of amides is 2. The molecule has 7 rings (SSSR count). The molecular formula is C43H56FN3O9S. The second-order valence-corrected chi connectivity index (χ2v) is 20.9. The number of sulfonamides is 1. The van der Waals surface area contributed by atoms with Crippen molar-refractivity contribution in [3.63, 3.8) is 0 Å². The summed E-state index contributed by atoms with van der Waals surface area (Å²) in [5.41, 5.74) is -4.14. The number of pyridine rings is 1. The van der Waals surface area contributed by atoms with Gasteiger partial charge in [0.25, 0.3) is 0 Å². The van der Waals surface area contributed by atoms with E-state index in [2.05, 4.69) is 4.72 Å². The largest absolute Gasteiger partial charge is 0.497 e. The van der Waals surface area contributed by atoms with Crippen LogP contribution in [0.1, 0.15) is 123 Å². The number of carbonyl (C=O) groups excluding carboxylic acids is 4. The molecule has 0 bridgehead atoms. The predicted molar refractivity (Wildman–Crippen MR) is 211 cm³/mol. The number of benzene rings is 1. The van der Waals surface area contributed by atoms with E-state index in [4.69, 9.17) is 19.2 Å². The third-order valence-electron chi connectivity index (χ3n) is 12.7. The van der Waals surface area contributed by atoms with Crippen LogP contribution in [0.15, 0.2) is 30.4 Å². The van der Waals surface area contributed by atoms with Crippen molar-refractivity contribution in [2.75, 3.05) is 13.7 Å². The van der Waals surface area contributed by atoms with Gasteiger partial charge in [-0.05, 0) is 104 Å². The smallest absolute Gasteiger partial charge is 0.307 e. The number of ketones is 1. The summed E-state index contributed by atoms with van der Waals surface area (Å²) >= 11 is 0. The third-order valence-corrected chi connectivity index (χ3v) is 14.9. The van der Waals surface area contributed by atoms with Crippen molar-refractivity contribution in [3.8, 4) is 11.5 Å². The average Bonchev–Trinajstić information content (AvgIpc) is 4.00. The van der Waals surface area contributed by atoms with Gasteiger partial charge in [0.05, 0.1) is 47.5 Å². The van der Waals surface area contributed by atoms with Gasteiger partial charge in [-0.25, -0.2) is 17.8 Å². The fraction of sp³-hybridized carbons (Fsp3) is 0.651. The van der Waals surface area contributed by atoms with E-state index in [1.165, 1.54) is 18.9 Å². The summed E-state index contributed by atoms with van der Waals surface area (Å²) in [6.07, 6.45) is 7.54. The van der Waals surface area contributed by atoms with Crippen LogP contribution in [0.25, 0.3) is 10.9 Å². The number of fused-ring (bicyclic) bond motifs is 5. The minimum atomic E-state index is -3.99. The highest BCUT2D eigenvalue weighted by Crippen LogP contribution is 2.59. The Bertz CT molecular complexity index is 2140. The van der Waals surface area contributed by atoms with Crippen molar-refractivity contribution in [2.24, 2.45) is 17.3 Å². The van der Waals surface area contributed by atoms with Crippen LogP contribution in [0.2, 0.25) is 0 Å². The lowest BCUT2D eigenvalue weighted by Crippen LogP contribution is -2.49. The Labute approximate surface area is 334 Å². The maximum atomic E-state index is 17.5. The zero-order chi connectivity index (χ0) is 41.3. The molecule has 4 heterocycles. The number of hydrogen-bond acceptors (Lipinski definition) is 10. The van der Waals surface area contributed by atoms with E-state index in [0.29, 0.717) is 60.0 Å². The Morgan fingerprint density at radius 3 is 2.53 bits per heavy atom. The molecule has 14 heteroatoms. The molecule has 0 unspecified atom stereocenters. The van der Waals surface area contributed by atoms with Crippen molar-refractivity contribution in [3.05, 3.63) is 41.6 Å². The normalized spacial score (nSPS) is 31.9. The van der Waals surface area contributed by atoms with Gasteiger partial charge in [0.15, 0.2) is 5.78 Å². The van der Waals surface area contributed by atoms with Crippen LogP contribution in [0.3, 0.4) is 0 Å². The molecule has 2 saturated carbocycles. The molecule has 0 radical (unpaired) electrons.